The van der Waals surface area contributed by atoms with E-state index in [-0.39, 0.29) is 16.3 Å². The van der Waals surface area contributed by atoms with Gasteiger partial charge in [0.2, 0.25) is 0 Å². The molecule has 4 rings (SSSR count). The fraction of sp³-hybridized carbons (Fsp3) is 0.231. The molecule has 13 heteroatoms. The highest BCUT2D eigenvalue weighted by atomic mass is 35.5. The van der Waals surface area contributed by atoms with Gasteiger partial charge in [0.1, 0.15) is 11.6 Å². The number of hydrogen-bond acceptors (Lipinski definition) is 4. The van der Waals surface area contributed by atoms with E-state index in [1.807, 2.05) is 5.32 Å². The van der Waals surface area contributed by atoms with Crippen molar-refractivity contribution in [1.82, 2.24) is 0 Å². The van der Waals surface area contributed by atoms with Crippen LogP contribution in [0.2, 0.25) is 5.02 Å². The van der Waals surface area contributed by atoms with E-state index in [2.05, 4.69) is 0 Å². The van der Waals surface area contributed by atoms with Gasteiger partial charge in [-0.2, -0.15) is 0 Å². The van der Waals surface area contributed by atoms with Crippen molar-refractivity contribution in [3.05, 3.63) is 93.5 Å². The van der Waals surface area contributed by atoms with Gasteiger partial charge in [-0.25, -0.2) is 26.3 Å². The molecular formula is C26H19ClF6N2O4. The maximum absolute atomic E-state index is 14.9. The van der Waals surface area contributed by atoms with Gasteiger partial charge in [0, 0.05) is 34.7 Å². The predicted octanol–water partition coefficient (Wildman–Crippen LogP) is 5.67. The predicted molar refractivity (Wildman–Crippen MR) is 129 cm³/mol. The van der Waals surface area contributed by atoms with Crippen molar-refractivity contribution in [2.45, 2.75) is 24.4 Å². The van der Waals surface area contributed by atoms with Gasteiger partial charge in [0.15, 0.2) is 5.60 Å². The molecule has 0 spiro atoms. The van der Waals surface area contributed by atoms with Crippen molar-refractivity contribution < 1.29 is 46.1 Å². The van der Waals surface area contributed by atoms with Crippen LogP contribution in [0.4, 0.5) is 37.7 Å². The average Bonchev–Trinajstić information content (AvgIpc) is 2.97. The summed E-state index contributed by atoms with van der Waals surface area (Å²) in [5.41, 5.74) is -6.13. The second-order valence-electron chi connectivity index (χ2n) is 8.77. The number of benzene rings is 3. The first-order chi connectivity index (χ1) is 18.3. The van der Waals surface area contributed by atoms with E-state index in [1.54, 1.807) is 0 Å². The molecule has 3 N–H and O–H groups in total. The van der Waals surface area contributed by atoms with Crippen LogP contribution in [-0.4, -0.2) is 41.1 Å². The number of anilines is 2. The van der Waals surface area contributed by atoms with Crippen molar-refractivity contribution in [2.24, 2.45) is 0 Å². The zero-order chi connectivity index (χ0) is 28.7. The van der Waals surface area contributed by atoms with Crippen molar-refractivity contribution in [1.29, 1.82) is 0 Å². The third kappa shape index (κ3) is 5.19. The lowest BCUT2D eigenvalue weighted by atomic mass is 9.86. The van der Waals surface area contributed by atoms with Crippen LogP contribution < -0.4 is 10.2 Å². The van der Waals surface area contributed by atoms with Gasteiger partial charge >= 0.3 is 0 Å². The first kappa shape index (κ1) is 28.4. The van der Waals surface area contributed by atoms with Crippen LogP contribution in [0.3, 0.4) is 0 Å². The molecule has 0 radical (unpaired) electrons. The summed E-state index contributed by atoms with van der Waals surface area (Å²) in [6.45, 7) is -2.00. The molecule has 0 aliphatic carbocycles. The van der Waals surface area contributed by atoms with Crippen molar-refractivity contribution in [3.8, 4) is 0 Å². The highest BCUT2D eigenvalue weighted by molar-refractivity contribution is 6.30. The van der Waals surface area contributed by atoms with Gasteiger partial charge in [0.25, 0.3) is 24.2 Å². The summed E-state index contributed by atoms with van der Waals surface area (Å²) in [7, 11) is 0. The molecule has 0 aromatic heterocycles. The number of amides is 2. The van der Waals surface area contributed by atoms with E-state index in [1.165, 1.54) is 12.1 Å². The number of halogens is 7. The lowest BCUT2D eigenvalue weighted by Gasteiger charge is -2.33. The van der Waals surface area contributed by atoms with E-state index >= 15 is 0 Å². The standard InChI is InChI=1S/C26H19ClF6N2O4/c27-14-2-6-21-18(10-14)25(39,12-36)26(32,33)7-8-35(21)24(38)13-1-5-20(19(29)9-13)34-23(37)17-11-15(28)3-4-16(17)22(30)31/h1-6,9-11,22,36,39H,7-8,12H2,(H,34,37)/t25-/m0/s1. The van der Waals surface area contributed by atoms with Crippen molar-refractivity contribution in [2.75, 3.05) is 23.4 Å². The van der Waals surface area contributed by atoms with E-state index in [4.69, 9.17) is 11.6 Å². The lowest BCUT2D eigenvalue weighted by Crippen LogP contribution is -2.48. The Hall–Kier alpha value is -3.61. The lowest BCUT2D eigenvalue weighted by molar-refractivity contribution is -0.205. The van der Waals surface area contributed by atoms with Gasteiger partial charge in [-0.15, -0.1) is 0 Å². The maximum Gasteiger partial charge on any atom is 0.284 e. The summed E-state index contributed by atoms with van der Waals surface area (Å²) in [5.74, 6) is -8.20. The van der Waals surface area contributed by atoms with Gasteiger partial charge in [0.05, 0.1) is 23.5 Å². The Labute approximate surface area is 222 Å². The number of aliphatic hydroxyl groups is 2. The summed E-state index contributed by atoms with van der Waals surface area (Å²) in [6.07, 6.45) is -4.17. The van der Waals surface area contributed by atoms with Crippen LogP contribution in [0.25, 0.3) is 0 Å². The third-order valence-corrected chi connectivity index (χ3v) is 6.62. The SMILES string of the molecule is O=C(Nc1ccc(C(=O)N2CCC(F)(F)[C@](O)(CO)c3cc(Cl)ccc32)cc1F)c1cc(F)ccc1C(F)F. The third-order valence-electron chi connectivity index (χ3n) is 6.38. The Morgan fingerprint density at radius 2 is 1.77 bits per heavy atom. The van der Waals surface area contributed by atoms with E-state index < -0.39 is 83.3 Å². The molecule has 0 fully saturated rings. The van der Waals surface area contributed by atoms with Crippen LogP contribution in [-0.2, 0) is 5.60 Å². The number of carbonyl (C=O) groups is 2. The first-order valence-electron chi connectivity index (χ1n) is 11.3. The number of carbonyl (C=O) groups excluding carboxylic acids is 2. The zero-order valence-electron chi connectivity index (χ0n) is 19.7. The molecule has 2 amide bonds. The molecule has 3 aromatic carbocycles. The number of rotatable bonds is 5. The number of nitrogens with one attached hydrogen (secondary N) is 1. The Bertz CT molecular complexity index is 1450. The topological polar surface area (TPSA) is 89.9 Å². The highest BCUT2D eigenvalue weighted by Crippen LogP contribution is 2.47. The van der Waals surface area contributed by atoms with Crippen LogP contribution in [0.15, 0.2) is 54.6 Å². The maximum atomic E-state index is 14.9. The summed E-state index contributed by atoms with van der Waals surface area (Å²) in [6, 6.07) is 8.19. The number of hydrogen-bond donors (Lipinski definition) is 3. The fourth-order valence-corrected chi connectivity index (χ4v) is 4.45. The van der Waals surface area contributed by atoms with Crippen LogP contribution >= 0.6 is 11.6 Å². The minimum atomic E-state index is -3.87. The molecule has 1 atom stereocenters. The number of aliphatic hydroxyl groups excluding tert-OH is 1. The molecule has 0 saturated carbocycles. The molecule has 3 aromatic rings. The minimum Gasteiger partial charge on any atom is -0.393 e. The largest absolute Gasteiger partial charge is 0.393 e. The highest BCUT2D eigenvalue weighted by Gasteiger charge is 2.56. The zero-order valence-corrected chi connectivity index (χ0v) is 20.5. The average molecular weight is 573 g/mol. The molecule has 0 bridgehead atoms. The fourth-order valence-electron chi connectivity index (χ4n) is 4.27. The van der Waals surface area contributed by atoms with E-state index in [0.717, 1.165) is 35.2 Å². The summed E-state index contributed by atoms with van der Waals surface area (Å²) in [5, 5.41) is 22.3. The van der Waals surface area contributed by atoms with Gasteiger partial charge in [-0.3, -0.25) is 9.59 Å². The van der Waals surface area contributed by atoms with Crippen LogP contribution in [0.1, 0.15) is 44.7 Å². The van der Waals surface area contributed by atoms with E-state index in [0.29, 0.717) is 12.1 Å². The van der Waals surface area contributed by atoms with Crippen LogP contribution in [0, 0.1) is 11.6 Å². The molecular weight excluding hydrogens is 554 g/mol. The smallest absolute Gasteiger partial charge is 0.284 e. The molecule has 39 heavy (non-hydrogen) atoms. The first-order valence-corrected chi connectivity index (χ1v) is 11.7. The number of nitrogens with zero attached hydrogens (tertiary/aromatic N) is 1. The van der Waals surface area contributed by atoms with Crippen LogP contribution in [0.5, 0.6) is 0 Å². The molecule has 1 aliphatic heterocycles. The van der Waals surface area contributed by atoms with Crippen molar-refractivity contribution >= 4 is 34.8 Å². The normalized spacial score (nSPS) is 18.5. The molecule has 0 unspecified atom stereocenters. The Morgan fingerprint density at radius 3 is 2.41 bits per heavy atom. The molecule has 1 heterocycles. The summed E-state index contributed by atoms with van der Waals surface area (Å²) >= 11 is 5.92. The molecule has 0 saturated heterocycles. The van der Waals surface area contributed by atoms with Gasteiger partial charge in [-0.05, 0) is 54.6 Å². The quantitative estimate of drug-likeness (QED) is 0.344. The van der Waals surface area contributed by atoms with E-state index in [9.17, 15) is 46.1 Å². The summed E-state index contributed by atoms with van der Waals surface area (Å²) < 4.78 is 84.7. The Kier molecular flexibility index (Phi) is 7.66. The monoisotopic (exact) mass is 572 g/mol. The Balaban J connectivity index is 1.66. The number of alkyl halides is 4. The molecule has 6 nitrogen and oxygen atoms in total. The summed E-state index contributed by atoms with van der Waals surface area (Å²) in [4.78, 5) is 26.6. The Morgan fingerprint density at radius 1 is 1.05 bits per heavy atom. The second kappa shape index (κ2) is 10.5. The second-order valence-corrected chi connectivity index (χ2v) is 9.21. The van der Waals surface area contributed by atoms with Gasteiger partial charge < -0.3 is 20.4 Å². The minimum absolute atomic E-state index is 0.0508. The molecule has 1 aliphatic rings. The van der Waals surface area contributed by atoms with Gasteiger partial charge in [-0.1, -0.05) is 11.6 Å². The van der Waals surface area contributed by atoms with Crippen molar-refractivity contribution in [3.63, 3.8) is 0 Å². The number of fused-ring (bicyclic) bond motifs is 1. The molecule has 206 valence electrons.